The van der Waals surface area contributed by atoms with Crippen LogP contribution in [0, 0.1) is 11.7 Å². The van der Waals surface area contributed by atoms with Gasteiger partial charge in [0, 0.05) is 19.0 Å². The van der Waals surface area contributed by atoms with Gasteiger partial charge in [0.25, 0.3) is 0 Å². The van der Waals surface area contributed by atoms with Crippen LogP contribution < -0.4 is 15.8 Å². The molecule has 0 radical (unpaired) electrons. The van der Waals surface area contributed by atoms with Crippen LogP contribution in [0.25, 0.3) is 0 Å². The van der Waals surface area contributed by atoms with Gasteiger partial charge < -0.3 is 11.1 Å². The van der Waals surface area contributed by atoms with Gasteiger partial charge in [-0.2, -0.15) is 0 Å². The number of rotatable bonds is 6. The fourth-order valence-electron chi connectivity index (χ4n) is 1.69. The number of sulfonamides is 1. The van der Waals surface area contributed by atoms with Gasteiger partial charge in [-0.15, -0.1) is 0 Å². The van der Waals surface area contributed by atoms with Gasteiger partial charge in [-0.1, -0.05) is 6.07 Å². The van der Waals surface area contributed by atoms with Gasteiger partial charge in [0.05, 0.1) is 5.69 Å². The van der Waals surface area contributed by atoms with Crippen molar-refractivity contribution in [3.8, 4) is 0 Å². The average Bonchev–Trinajstić information content (AvgIpc) is 3.22. The molecule has 6 nitrogen and oxygen atoms in total. The largest absolute Gasteiger partial charge is 0.395 e. The molecule has 4 N–H and O–H groups in total. The van der Waals surface area contributed by atoms with Gasteiger partial charge in [-0.3, -0.25) is 4.79 Å². The number of nitrogens with two attached hydrogens (primary N) is 1. The van der Waals surface area contributed by atoms with Crippen LogP contribution in [0.5, 0.6) is 0 Å². The van der Waals surface area contributed by atoms with Gasteiger partial charge in [0.2, 0.25) is 15.9 Å². The number of para-hydroxylation sites is 1. The highest BCUT2D eigenvalue weighted by molar-refractivity contribution is 7.89. The van der Waals surface area contributed by atoms with Crippen LogP contribution >= 0.6 is 0 Å². The van der Waals surface area contributed by atoms with Crippen molar-refractivity contribution in [3.05, 3.63) is 24.0 Å². The molecule has 0 heterocycles. The lowest BCUT2D eigenvalue weighted by atomic mass is 10.3. The summed E-state index contributed by atoms with van der Waals surface area (Å²) in [7, 11) is -3.88. The summed E-state index contributed by atoms with van der Waals surface area (Å²) in [6, 6.07) is 3.59. The lowest BCUT2D eigenvalue weighted by molar-refractivity contribution is -0.122. The number of benzene rings is 1. The number of hydrogen-bond acceptors (Lipinski definition) is 4. The van der Waals surface area contributed by atoms with Crippen molar-refractivity contribution >= 4 is 21.6 Å². The van der Waals surface area contributed by atoms with E-state index >= 15 is 0 Å². The van der Waals surface area contributed by atoms with Crippen LogP contribution in [0.2, 0.25) is 0 Å². The average molecular weight is 301 g/mol. The maximum atomic E-state index is 13.2. The molecule has 0 aromatic heterocycles. The lowest BCUT2D eigenvalue weighted by Gasteiger charge is -2.10. The molecule has 1 aliphatic rings. The first kappa shape index (κ1) is 14.7. The molecule has 2 rings (SSSR count). The minimum atomic E-state index is -3.88. The summed E-state index contributed by atoms with van der Waals surface area (Å²) >= 11 is 0. The molecule has 1 fully saturated rings. The standard InChI is InChI=1S/C12H16FN3O3S/c13-9-2-1-3-10(11(9)14)20(18,19)16-7-6-15-12(17)8-4-5-8/h1-3,8,16H,4-7,14H2,(H,15,17). The Bertz CT molecular complexity index is 614. The number of carbonyl (C=O) groups excluding carboxylic acids is 1. The molecule has 20 heavy (non-hydrogen) atoms. The minimum absolute atomic E-state index is 0.0246. The monoisotopic (exact) mass is 301 g/mol. The highest BCUT2D eigenvalue weighted by Crippen LogP contribution is 2.28. The fraction of sp³-hybridized carbons (Fsp3) is 0.417. The van der Waals surface area contributed by atoms with Gasteiger partial charge in [0.1, 0.15) is 10.7 Å². The highest BCUT2D eigenvalue weighted by Gasteiger charge is 2.29. The third-order valence-electron chi connectivity index (χ3n) is 2.97. The molecule has 110 valence electrons. The molecule has 0 atom stereocenters. The first-order valence-corrected chi connectivity index (χ1v) is 7.71. The van der Waals surface area contributed by atoms with E-state index in [4.69, 9.17) is 5.73 Å². The summed E-state index contributed by atoms with van der Waals surface area (Å²) in [6.07, 6.45) is 1.77. The van der Waals surface area contributed by atoms with Crippen molar-refractivity contribution in [1.82, 2.24) is 10.0 Å². The summed E-state index contributed by atoms with van der Waals surface area (Å²) in [4.78, 5) is 11.0. The highest BCUT2D eigenvalue weighted by atomic mass is 32.2. The predicted molar refractivity (Wildman–Crippen MR) is 71.7 cm³/mol. The van der Waals surface area contributed by atoms with E-state index in [1.165, 1.54) is 12.1 Å². The second-order valence-corrected chi connectivity index (χ2v) is 6.35. The summed E-state index contributed by atoms with van der Waals surface area (Å²) in [5.74, 6) is -0.769. The Morgan fingerprint density at radius 3 is 2.70 bits per heavy atom. The van der Waals surface area contributed by atoms with Gasteiger partial charge in [-0.25, -0.2) is 17.5 Å². The number of carbonyl (C=O) groups is 1. The SMILES string of the molecule is Nc1c(F)cccc1S(=O)(=O)NCCNC(=O)C1CC1. The Morgan fingerprint density at radius 2 is 2.05 bits per heavy atom. The third kappa shape index (κ3) is 3.45. The van der Waals surface area contributed by atoms with Crippen LogP contribution in [0.15, 0.2) is 23.1 Å². The van der Waals surface area contributed by atoms with Gasteiger partial charge >= 0.3 is 0 Å². The van der Waals surface area contributed by atoms with E-state index < -0.39 is 21.5 Å². The van der Waals surface area contributed by atoms with E-state index in [1.54, 1.807) is 0 Å². The Labute approximate surface area is 116 Å². The molecule has 1 aromatic rings. The molecule has 0 saturated heterocycles. The van der Waals surface area contributed by atoms with Crippen molar-refractivity contribution in [1.29, 1.82) is 0 Å². The molecule has 0 unspecified atom stereocenters. The molecule has 0 bridgehead atoms. The van der Waals surface area contributed by atoms with Crippen LogP contribution in [0.3, 0.4) is 0 Å². The number of amides is 1. The summed E-state index contributed by atoms with van der Waals surface area (Å²) in [6.45, 7) is 0.209. The van der Waals surface area contributed by atoms with Crippen LogP contribution in [-0.2, 0) is 14.8 Å². The topological polar surface area (TPSA) is 101 Å². The number of nitrogens with one attached hydrogen (secondary N) is 2. The molecule has 8 heteroatoms. The molecule has 1 saturated carbocycles. The smallest absolute Gasteiger partial charge is 0.242 e. The van der Waals surface area contributed by atoms with Crippen molar-refractivity contribution in [2.45, 2.75) is 17.7 Å². The second-order valence-electron chi connectivity index (χ2n) is 4.61. The van der Waals surface area contributed by atoms with E-state index in [9.17, 15) is 17.6 Å². The van der Waals surface area contributed by atoms with Gasteiger partial charge in [0.15, 0.2) is 0 Å². The molecule has 0 spiro atoms. The Morgan fingerprint density at radius 1 is 1.35 bits per heavy atom. The summed E-state index contributed by atoms with van der Waals surface area (Å²) in [5, 5.41) is 2.62. The first-order chi connectivity index (χ1) is 9.42. The van der Waals surface area contributed by atoms with E-state index in [1.807, 2.05) is 0 Å². The first-order valence-electron chi connectivity index (χ1n) is 6.23. The van der Waals surface area contributed by atoms with E-state index in [0.717, 1.165) is 18.9 Å². The van der Waals surface area contributed by atoms with E-state index in [0.29, 0.717) is 0 Å². The fourth-order valence-corrected chi connectivity index (χ4v) is 2.86. The zero-order valence-corrected chi connectivity index (χ0v) is 11.5. The Kier molecular flexibility index (Phi) is 4.24. The zero-order chi connectivity index (χ0) is 14.8. The molecular formula is C12H16FN3O3S. The lowest BCUT2D eigenvalue weighted by Crippen LogP contribution is -2.35. The quantitative estimate of drug-likeness (QED) is 0.516. The van der Waals surface area contributed by atoms with E-state index in [-0.39, 0.29) is 29.8 Å². The van der Waals surface area contributed by atoms with Crippen molar-refractivity contribution < 1.29 is 17.6 Å². The number of halogens is 1. The minimum Gasteiger partial charge on any atom is -0.395 e. The Hall–Kier alpha value is -1.67. The summed E-state index contributed by atoms with van der Waals surface area (Å²) in [5.41, 5.74) is 4.99. The van der Waals surface area contributed by atoms with Gasteiger partial charge in [-0.05, 0) is 25.0 Å². The molecule has 1 aliphatic carbocycles. The van der Waals surface area contributed by atoms with E-state index in [2.05, 4.69) is 10.0 Å². The normalized spacial score (nSPS) is 15.1. The van der Waals surface area contributed by atoms with Crippen molar-refractivity contribution in [2.24, 2.45) is 5.92 Å². The van der Waals surface area contributed by atoms with Crippen LogP contribution in [0.4, 0.5) is 10.1 Å². The maximum absolute atomic E-state index is 13.2. The van der Waals surface area contributed by atoms with Crippen molar-refractivity contribution in [3.63, 3.8) is 0 Å². The molecular weight excluding hydrogens is 285 g/mol. The van der Waals surface area contributed by atoms with Crippen LogP contribution in [0.1, 0.15) is 12.8 Å². The third-order valence-corrected chi connectivity index (χ3v) is 4.49. The Balaban J connectivity index is 1.90. The molecule has 1 amide bonds. The summed E-state index contributed by atoms with van der Waals surface area (Å²) < 4.78 is 39.3. The number of nitrogen functional groups attached to an aromatic ring is 1. The second kappa shape index (κ2) is 5.76. The maximum Gasteiger partial charge on any atom is 0.242 e. The number of hydrogen-bond donors (Lipinski definition) is 3. The van der Waals surface area contributed by atoms with Crippen molar-refractivity contribution in [2.75, 3.05) is 18.8 Å². The predicted octanol–water partition coefficient (Wildman–Crippen LogP) is 0.212. The number of anilines is 1. The zero-order valence-electron chi connectivity index (χ0n) is 10.7. The molecule has 1 aromatic carbocycles. The molecule has 0 aliphatic heterocycles. The van der Waals surface area contributed by atoms with Crippen LogP contribution in [-0.4, -0.2) is 27.4 Å².